The fraction of sp³-hybridized carbons (Fsp3) is 0.286. The minimum Gasteiger partial charge on any atom is -0.480 e. The number of nitrogens with zero attached hydrogens (tertiary/aromatic N) is 1. The molecule has 1 aliphatic heterocycles. The number of para-hydroxylation sites is 1. The van der Waals surface area contributed by atoms with E-state index in [0.717, 1.165) is 15.7 Å². The monoisotopic (exact) mass is 432 g/mol. The quantitative estimate of drug-likeness (QED) is 0.620. The van der Waals surface area contributed by atoms with Crippen LogP contribution in [0.25, 0.3) is 21.9 Å². The number of carbonyl (C=O) groups is 3. The van der Waals surface area contributed by atoms with Crippen molar-refractivity contribution in [1.82, 2.24) is 10.2 Å². The Morgan fingerprint density at radius 3 is 2.65 bits per heavy atom. The summed E-state index contributed by atoms with van der Waals surface area (Å²) in [6.07, 6.45) is -1.33. The number of benzene rings is 2. The molecular weight excluding hydrogens is 414 g/mol. The number of hydrogen-bond donors (Lipinski definition) is 2. The maximum Gasteiger partial charge on any atom is 0.345 e. The fourth-order valence-corrected chi connectivity index (χ4v) is 3.78. The molecule has 1 saturated heterocycles. The first-order valence-electron chi connectivity index (χ1n) is 9.49. The van der Waals surface area contributed by atoms with Crippen LogP contribution in [-0.4, -0.2) is 59.6 Å². The van der Waals surface area contributed by atoms with Gasteiger partial charge in [-0.3, -0.25) is 9.59 Å². The molecule has 1 aromatic heterocycles. The van der Waals surface area contributed by atoms with Crippen LogP contribution < -0.4 is 5.32 Å². The number of fused-ring (bicyclic) bond motifs is 3. The van der Waals surface area contributed by atoms with E-state index in [0.29, 0.717) is 11.2 Å². The highest BCUT2D eigenvalue weighted by Gasteiger charge is 2.41. The summed E-state index contributed by atoms with van der Waals surface area (Å²) in [5.41, 5.74) is 1.45. The van der Waals surface area contributed by atoms with Crippen molar-refractivity contribution in [3.63, 3.8) is 0 Å². The lowest BCUT2D eigenvalue weighted by atomic mass is 10.1. The van der Waals surface area contributed by atoms with Crippen LogP contribution in [0.4, 0.5) is 8.78 Å². The standard InChI is InChI=1S/C21H18F2N2O6/c22-21(23)30-12-8-15(20(28)29)25(10-12)18(26)9-24-19(27)11-5-6-14-13-3-1-2-4-16(13)31-17(14)7-11/h1-7,12,15,21H,8-10H2,(H,24,27)(H,28,29)/t12-,15?/m1/s1. The number of carbonyl (C=O) groups excluding carboxylic acids is 2. The number of halogens is 2. The van der Waals surface area contributed by atoms with Gasteiger partial charge >= 0.3 is 12.6 Å². The Morgan fingerprint density at radius 1 is 1.16 bits per heavy atom. The lowest BCUT2D eigenvalue weighted by molar-refractivity contribution is -0.160. The van der Waals surface area contributed by atoms with Crippen molar-refractivity contribution in [1.29, 1.82) is 0 Å². The first-order valence-corrected chi connectivity index (χ1v) is 9.49. The van der Waals surface area contributed by atoms with Gasteiger partial charge in [0.1, 0.15) is 17.2 Å². The number of carboxylic acid groups (broad SMARTS) is 1. The van der Waals surface area contributed by atoms with E-state index in [4.69, 9.17) is 4.42 Å². The molecule has 0 aliphatic carbocycles. The van der Waals surface area contributed by atoms with E-state index in [-0.39, 0.29) is 18.5 Å². The van der Waals surface area contributed by atoms with E-state index < -0.39 is 43.1 Å². The maximum atomic E-state index is 12.5. The molecule has 0 saturated carbocycles. The van der Waals surface area contributed by atoms with E-state index >= 15 is 0 Å². The van der Waals surface area contributed by atoms with E-state index in [1.165, 1.54) is 0 Å². The normalized spacial score (nSPS) is 18.7. The first kappa shape index (κ1) is 20.7. The molecule has 1 unspecified atom stereocenters. The summed E-state index contributed by atoms with van der Waals surface area (Å²) in [6, 6.07) is 11.0. The lowest BCUT2D eigenvalue weighted by Gasteiger charge is -2.21. The van der Waals surface area contributed by atoms with Gasteiger partial charge in [0.05, 0.1) is 12.6 Å². The second-order valence-corrected chi connectivity index (χ2v) is 7.15. The molecule has 0 radical (unpaired) electrons. The van der Waals surface area contributed by atoms with Crippen LogP contribution in [0, 0.1) is 0 Å². The van der Waals surface area contributed by atoms with E-state index in [1.54, 1.807) is 18.2 Å². The zero-order valence-corrected chi connectivity index (χ0v) is 16.1. The Hall–Kier alpha value is -3.53. The highest BCUT2D eigenvalue weighted by atomic mass is 19.3. The third-order valence-corrected chi connectivity index (χ3v) is 5.20. The van der Waals surface area contributed by atoms with Crippen molar-refractivity contribution in [2.45, 2.75) is 25.2 Å². The van der Waals surface area contributed by atoms with Crippen LogP contribution in [0.1, 0.15) is 16.8 Å². The Bertz CT molecular complexity index is 1160. The molecule has 8 nitrogen and oxygen atoms in total. The maximum absolute atomic E-state index is 12.5. The van der Waals surface area contributed by atoms with Crippen LogP contribution in [0.2, 0.25) is 0 Å². The summed E-state index contributed by atoms with van der Waals surface area (Å²) in [5, 5.41) is 13.5. The Balaban J connectivity index is 1.43. The van der Waals surface area contributed by atoms with Gasteiger partial charge in [-0.1, -0.05) is 18.2 Å². The van der Waals surface area contributed by atoms with E-state index in [1.807, 2.05) is 24.3 Å². The second kappa shape index (κ2) is 8.31. The van der Waals surface area contributed by atoms with Crippen molar-refractivity contribution in [3.8, 4) is 0 Å². The molecule has 3 aromatic rings. The number of ether oxygens (including phenoxy) is 1. The molecule has 2 aromatic carbocycles. The predicted octanol–water partition coefficient (Wildman–Crippen LogP) is 2.61. The molecule has 2 heterocycles. The first-order chi connectivity index (χ1) is 14.8. The molecule has 2 amide bonds. The largest absolute Gasteiger partial charge is 0.480 e. The fourth-order valence-electron chi connectivity index (χ4n) is 3.78. The molecule has 0 spiro atoms. The Kier molecular flexibility index (Phi) is 5.55. The van der Waals surface area contributed by atoms with Gasteiger partial charge in [-0.2, -0.15) is 8.78 Å². The van der Waals surface area contributed by atoms with Gasteiger partial charge in [0.2, 0.25) is 5.91 Å². The Morgan fingerprint density at radius 2 is 1.90 bits per heavy atom. The van der Waals surface area contributed by atoms with Gasteiger partial charge in [-0.05, 0) is 24.3 Å². The number of nitrogens with one attached hydrogen (secondary N) is 1. The summed E-state index contributed by atoms with van der Waals surface area (Å²) in [6.45, 7) is -3.84. The third kappa shape index (κ3) is 4.19. The molecule has 2 N–H and O–H groups in total. The summed E-state index contributed by atoms with van der Waals surface area (Å²) < 4.78 is 34.9. The second-order valence-electron chi connectivity index (χ2n) is 7.15. The molecule has 4 rings (SSSR count). The van der Waals surface area contributed by atoms with Crippen molar-refractivity contribution >= 4 is 39.7 Å². The van der Waals surface area contributed by atoms with Crippen LogP contribution >= 0.6 is 0 Å². The van der Waals surface area contributed by atoms with Crippen molar-refractivity contribution in [3.05, 3.63) is 48.0 Å². The van der Waals surface area contributed by atoms with Gasteiger partial charge in [-0.25, -0.2) is 4.79 Å². The van der Waals surface area contributed by atoms with Crippen LogP contribution in [0.3, 0.4) is 0 Å². The molecule has 2 atom stereocenters. The highest BCUT2D eigenvalue weighted by Crippen LogP contribution is 2.29. The number of rotatable bonds is 6. The third-order valence-electron chi connectivity index (χ3n) is 5.20. The number of alkyl halides is 2. The average Bonchev–Trinajstić information content (AvgIpc) is 3.32. The highest BCUT2D eigenvalue weighted by molar-refractivity contribution is 6.07. The van der Waals surface area contributed by atoms with Crippen molar-refractivity contribution in [2.24, 2.45) is 0 Å². The van der Waals surface area contributed by atoms with Gasteiger partial charge in [-0.15, -0.1) is 0 Å². The number of amides is 2. The van der Waals surface area contributed by atoms with Gasteiger partial charge in [0.15, 0.2) is 0 Å². The molecule has 1 fully saturated rings. The summed E-state index contributed by atoms with van der Waals surface area (Å²) in [7, 11) is 0. The van der Waals surface area contributed by atoms with Gasteiger partial charge in [0, 0.05) is 29.3 Å². The zero-order chi connectivity index (χ0) is 22.1. The van der Waals surface area contributed by atoms with Crippen LogP contribution in [-0.2, 0) is 14.3 Å². The number of hydrogen-bond acceptors (Lipinski definition) is 5. The minimum absolute atomic E-state index is 0.248. The van der Waals surface area contributed by atoms with Gasteiger partial charge in [0.25, 0.3) is 5.91 Å². The summed E-state index contributed by atoms with van der Waals surface area (Å²) >= 11 is 0. The average molecular weight is 432 g/mol. The van der Waals surface area contributed by atoms with Crippen molar-refractivity contribution in [2.75, 3.05) is 13.1 Å². The van der Waals surface area contributed by atoms with E-state index in [9.17, 15) is 28.3 Å². The summed E-state index contributed by atoms with van der Waals surface area (Å²) in [4.78, 5) is 37.2. The molecule has 162 valence electrons. The van der Waals surface area contributed by atoms with E-state index in [2.05, 4.69) is 10.1 Å². The molecule has 31 heavy (non-hydrogen) atoms. The zero-order valence-electron chi connectivity index (χ0n) is 16.1. The topological polar surface area (TPSA) is 109 Å². The van der Waals surface area contributed by atoms with Crippen molar-refractivity contribution < 1.29 is 37.4 Å². The number of likely N-dealkylation sites (tertiary alicyclic amines) is 1. The van der Waals surface area contributed by atoms with Gasteiger partial charge < -0.3 is 24.5 Å². The summed E-state index contributed by atoms with van der Waals surface area (Å²) in [5.74, 6) is -2.58. The SMILES string of the molecule is O=C(NCC(=O)N1C[C@H](OC(F)F)CC1C(=O)O)c1ccc2c(c1)oc1ccccc12. The Labute approximate surface area is 174 Å². The van der Waals surface area contributed by atoms with Crippen LogP contribution in [0.5, 0.6) is 0 Å². The number of carboxylic acids is 1. The molecule has 10 heteroatoms. The van der Waals surface area contributed by atoms with Crippen LogP contribution in [0.15, 0.2) is 46.9 Å². The molecule has 0 bridgehead atoms. The minimum atomic E-state index is -3.07. The smallest absolute Gasteiger partial charge is 0.345 e. The predicted molar refractivity (Wildman–Crippen MR) is 105 cm³/mol. The lowest BCUT2D eigenvalue weighted by Crippen LogP contribution is -2.45. The number of furan rings is 1. The molecule has 1 aliphatic rings. The number of aliphatic carboxylic acids is 1. The molecular formula is C21H18F2N2O6.